The van der Waals surface area contributed by atoms with E-state index in [9.17, 15) is 22.8 Å². The van der Waals surface area contributed by atoms with E-state index in [1.165, 1.54) is 12.1 Å². The maximum Gasteiger partial charge on any atom is 0.416 e. The lowest BCUT2D eigenvalue weighted by molar-refractivity contribution is -0.137. The van der Waals surface area contributed by atoms with Gasteiger partial charge in [0.15, 0.2) is 5.76 Å². The molecular formula is C25H22F3N3O3. The highest BCUT2D eigenvalue weighted by atomic mass is 19.4. The van der Waals surface area contributed by atoms with Crippen molar-refractivity contribution in [1.82, 2.24) is 5.43 Å². The molecule has 1 aliphatic rings. The summed E-state index contributed by atoms with van der Waals surface area (Å²) in [5, 5.41) is 6.75. The van der Waals surface area contributed by atoms with Crippen molar-refractivity contribution in [2.75, 3.05) is 5.32 Å². The lowest BCUT2D eigenvalue weighted by atomic mass is 9.93. The maximum absolute atomic E-state index is 13.0. The second-order valence-electron chi connectivity index (χ2n) is 8.11. The van der Waals surface area contributed by atoms with Crippen LogP contribution >= 0.6 is 0 Å². The zero-order valence-corrected chi connectivity index (χ0v) is 18.5. The highest BCUT2D eigenvalue weighted by Gasteiger charge is 2.31. The summed E-state index contributed by atoms with van der Waals surface area (Å²) < 4.78 is 44.7. The van der Waals surface area contributed by atoms with Crippen LogP contribution in [0.2, 0.25) is 0 Å². The number of hydrazone groups is 1. The summed E-state index contributed by atoms with van der Waals surface area (Å²) >= 11 is 0. The first-order valence-electron chi connectivity index (χ1n) is 10.7. The average molecular weight is 469 g/mol. The Labute approximate surface area is 193 Å². The monoisotopic (exact) mass is 469 g/mol. The number of furan rings is 1. The number of amides is 2. The van der Waals surface area contributed by atoms with E-state index in [4.69, 9.17) is 4.42 Å². The Balaban J connectivity index is 1.55. The van der Waals surface area contributed by atoms with Crippen LogP contribution in [-0.2, 0) is 12.6 Å². The van der Waals surface area contributed by atoms with E-state index in [2.05, 4.69) is 15.8 Å². The fourth-order valence-corrected chi connectivity index (χ4v) is 3.85. The Bertz CT molecular complexity index is 1270. The van der Waals surface area contributed by atoms with Crippen molar-refractivity contribution in [3.05, 3.63) is 87.9 Å². The summed E-state index contributed by atoms with van der Waals surface area (Å²) in [4.78, 5) is 25.2. The van der Waals surface area contributed by atoms with Gasteiger partial charge in [-0.3, -0.25) is 9.59 Å². The molecule has 34 heavy (non-hydrogen) atoms. The Morgan fingerprint density at radius 1 is 1.00 bits per heavy atom. The fourth-order valence-electron chi connectivity index (χ4n) is 3.85. The third-order valence-corrected chi connectivity index (χ3v) is 5.59. The molecule has 0 atom stereocenters. The van der Waals surface area contributed by atoms with Gasteiger partial charge in [-0.2, -0.15) is 18.3 Å². The number of carbonyl (C=O) groups excluding carboxylic acids is 2. The van der Waals surface area contributed by atoms with Gasteiger partial charge in [-0.15, -0.1) is 0 Å². The van der Waals surface area contributed by atoms with Gasteiger partial charge in [-0.05, 0) is 57.0 Å². The van der Waals surface area contributed by atoms with Crippen LogP contribution in [0.3, 0.4) is 0 Å². The number of alkyl halides is 3. The predicted molar refractivity (Wildman–Crippen MR) is 121 cm³/mol. The molecule has 0 saturated carbocycles. The molecule has 2 N–H and O–H groups in total. The zero-order valence-electron chi connectivity index (χ0n) is 18.5. The molecule has 2 aromatic carbocycles. The Kier molecular flexibility index (Phi) is 6.28. The first-order chi connectivity index (χ1) is 16.1. The standard InChI is InChI=1S/C25H22F3N3O3/c1-14-9-11-16(12-10-14)23(32)31-30-19-7-4-8-20-21(19)15(2)22(34-20)24(33)29-18-6-3-5-17(13-18)25(26,27)28/h3,5-6,9-13H,4,7-8H2,1-2H3,(H,29,33)(H,31,32)/b30-19+. The van der Waals surface area contributed by atoms with Crippen molar-refractivity contribution in [2.24, 2.45) is 5.10 Å². The van der Waals surface area contributed by atoms with E-state index >= 15 is 0 Å². The van der Waals surface area contributed by atoms with Gasteiger partial charge >= 0.3 is 6.18 Å². The predicted octanol–water partition coefficient (Wildman–Crippen LogP) is 5.64. The summed E-state index contributed by atoms with van der Waals surface area (Å²) in [6.45, 7) is 3.61. The SMILES string of the molecule is Cc1ccc(C(=O)N/N=C2\CCCc3oc(C(=O)Nc4cccc(C(F)(F)F)c4)c(C)c32)cc1. The highest BCUT2D eigenvalue weighted by Crippen LogP contribution is 2.32. The third-order valence-electron chi connectivity index (χ3n) is 5.59. The molecule has 0 radical (unpaired) electrons. The number of rotatable bonds is 4. The summed E-state index contributed by atoms with van der Waals surface area (Å²) in [6.07, 6.45) is -2.64. The van der Waals surface area contributed by atoms with Crippen LogP contribution in [0.15, 0.2) is 58.0 Å². The van der Waals surface area contributed by atoms with Crippen LogP contribution in [-0.4, -0.2) is 17.5 Å². The zero-order chi connectivity index (χ0) is 24.5. The molecule has 0 unspecified atom stereocenters. The van der Waals surface area contributed by atoms with Gasteiger partial charge in [0.2, 0.25) is 0 Å². The minimum atomic E-state index is -4.52. The van der Waals surface area contributed by atoms with Gasteiger partial charge in [-0.25, -0.2) is 5.43 Å². The van der Waals surface area contributed by atoms with Crippen LogP contribution in [0, 0.1) is 13.8 Å². The minimum Gasteiger partial charge on any atom is -0.455 e. The van der Waals surface area contributed by atoms with Crippen LogP contribution in [0.5, 0.6) is 0 Å². The summed E-state index contributed by atoms with van der Waals surface area (Å²) in [7, 11) is 0. The van der Waals surface area contributed by atoms with Gasteiger partial charge in [-0.1, -0.05) is 23.8 Å². The van der Waals surface area contributed by atoms with E-state index in [0.717, 1.165) is 17.7 Å². The van der Waals surface area contributed by atoms with E-state index in [1.54, 1.807) is 19.1 Å². The summed E-state index contributed by atoms with van der Waals surface area (Å²) in [5.41, 5.74) is 4.95. The van der Waals surface area contributed by atoms with Crippen LogP contribution < -0.4 is 10.7 Å². The number of aryl methyl sites for hydroxylation is 2. The molecular weight excluding hydrogens is 447 g/mol. The largest absolute Gasteiger partial charge is 0.455 e. The molecule has 1 aromatic heterocycles. The van der Waals surface area contributed by atoms with Crippen molar-refractivity contribution in [3.63, 3.8) is 0 Å². The quantitative estimate of drug-likeness (QED) is 0.485. The maximum atomic E-state index is 13.0. The molecule has 0 saturated heterocycles. The molecule has 0 fully saturated rings. The first kappa shape index (κ1) is 23.3. The average Bonchev–Trinajstić information content (AvgIpc) is 3.15. The summed E-state index contributed by atoms with van der Waals surface area (Å²) in [5.74, 6) is -0.458. The smallest absolute Gasteiger partial charge is 0.416 e. The topological polar surface area (TPSA) is 83.7 Å². The number of hydrogen-bond donors (Lipinski definition) is 2. The lowest BCUT2D eigenvalue weighted by Gasteiger charge is -2.13. The molecule has 6 nitrogen and oxygen atoms in total. The molecule has 1 heterocycles. The number of nitrogens with one attached hydrogen (secondary N) is 2. The number of nitrogens with zero attached hydrogens (tertiary/aromatic N) is 1. The number of hydrogen-bond acceptors (Lipinski definition) is 4. The first-order valence-corrected chi connectivity index (χ1v) is 10.7. The van der Waals surface area contributed by atoms with Gasteiger partial charge < -0.3 is 9.73 Å². The highest BCUT2D eigenvalue weighted by molar-refractivity contribution is 6.09. The number of benzene rings is 2. The summed E-state index contributed by atoms with van der Waals surface area (Å²) in [6, 6.07) is 11.5. The normalized spacial score (nSPS) is 14.6. The Morgan fingerprint density at radius 3 is 2.44 bits per heavy atom. The fraction of sp³-hybridized carbons (Fsp3) is 0.240. The van der Waals surface area contributed by atoms with Gasteiger partial charge in [0.1, 0.15) is 5.76 Å². The molecule has 0 spiro atoms. The van der Waals surface area contributed by atoms with Gasteiger partial charge in [0, 0.05) is 28.8 Å². The van der Waals surface area contributed by atoms with Crippen molar-refractivity contribution in [1.29, 1.82) is 0 Å². The van der Waals surface area contributed by atoms with Crippen molar-refractivity contribution >= 4 is 23.2 Å². The Morgan fingerprint density at radius 2 is 1.74 bits per heavy atom. The number of halogens is 3. The molecule has 3 aromatic rings. The third kappa shape index (κ3) is 4.88. The van der Waals surface area contributed by atoms with Crippen molar-refractivity contribution in [3.8, 4) is 0 Å². The Hall–Kier alpha value is -3.88. The number of carbonyl (C=O) groups is 2. The number of fused-ring (bicyclic) bond motifs is 1. The van der Waals surface area contributed by atoms with Crippen LogP contribution in [0.25, 0.3) is 0 Å². The van der Waals surface area contributed by atoms with Crippen molar-refractivity contribution < 1.29 is 27.2 Å². The molecule has 2 amide bonds. The molecule has 4 rings (SSSR count). The van der Waals surface area contributed by atoms with Gasteiger partial charge in [0.05, 0.1) is 11.3 Å². The molecule has 9 heteroatoms. The minimum absolute atomic E-state index is 0.00173. The second-order valence-corrected chi connectivity index (χ2v) is 8.11. The molecule has 0 aliphatic heterocycles. The number of anilines is 1. The molecule has 176 valence electrons. The molecule has 1 aliphatic carbocycles. The van der Waals surface area contributed by atoms with Crippen LogP contribution in [0.1, 0.15) is 61.8 Å². The van der Waals surface area contributed by atoms with Gasteiger partial charge in [0.25, 0.3) is 11.8 Å². The van der Waals surface area contributed by atoms with E-state index in [0.29, 0.717) is 47.4 Å². The van der Waals surface area contributed by atoms with E-state index in [1.807, 2.05) is 19.1 Å². The van der Waals surface area contributed by atoms with Crippen LogP contribution in [0.4, 0.5) is 18.9 Å². The lowest BCUT2D eigenvalue weighted by Crippen LogP contribution is -2.22. The van der Waals surface area contributed by atoms with E-state index < -0.39 is 17.6 Å². The van der Waals surface area contributed by atoms with E-state index in [-0.39, 0.29) is 17.4 Å². The molecule has 0 bridgehead atoms. The second kappa shape index (κ2) is 9.17. The van der Waals surface area contributed by atoms with Crippen molar-refractivity contribution in [2.45, 2.75) is 39.3 Å².